The molecule has 0 saturated carbocycles. The summed E-state index contributed by atoms with van der Waals surface area (Å²) in [7, 11) is 0. The summed E-state index contributed by atoms with van der Waals surface area (Å²) in [6.45, 7) is 0.376. The van der Waals surface area contributed by atoms with Gasteiger partial charge in [0.1, 0.15) is 6.10 Å². The predicted molar refractivity (Wildman–Crippen MR) is 106 cm³/mol. The van der Waals surface area contributed by atoms with Crippen LogP contribution in [0.3, 0.4) is 0 Å². The summed E-state index contributed by atoms with van der Waals surface area (Å²) in [6.07, 6.45) is -1.78. The van der Waals surface area contributed by atoms with E-state index in [0.717, 1.165) is 18.2 Å². The number of likely N-dealkylation sites (tertiary alicyclic amines) is 1. The molecule has 0 radical (unpaired) electrons. The van der Waals surface area contributed by atoms with Gasteiger partial charge in [0.2, 0.25) is 5.91 Å². The highest BCUT2D eigenvalue weighted by Crippen LogP contribution is 2.37. The number of carbonyl (C=O) groups is 2. The minimum Gasteiger partial charge on any atom is -0.481 e. The number of benzene rings is 1. The van der Waals surface area contributed by atoms with Gasteiger partial charge >= 0.3 is 18.1 Å². The van der Waals surface area contributed by atoms with Crippen LogP contribution in [0.4, 0.5) is 22.0 Å². The van der Waals surface area contributed by atoms with Crippen LogP contribution in [0.25, 0.3) is 0 Å². The molecule has 1 aliphatic heterocycles. The quantitative estimate of drug-likeness (QED) is 0.282. The van der Waals surface area contributed by atoms with Gasteiger partial charge in [-0.2, -0.15) is 22.0 Å². The van der Waals surface area contributed by atoms with Gasteiger partial charge in [0.15, 0.2) is 0 Å². The SMILES string of the molecule is O=C(O)CCCCCCN1C(=O)CC[C@@H]1/C=C/C(O)C(F)(F)c1cccc(C(F)(F)F)c1. The molecule has 1 heterocycles. The normalized spacial score (nSPS) is 18.5. The maximum Gasteiger partial charge on any atom is 0.416 e. The topological polar surface area (TPSA) is 77.8 Å². The van der Waals surface area contributed by atoms with Crippen molar-refractivity contribution in [3.63, 3.8) is 0 Å². The number of carboxylic acids is 1. The molecule has 1 aromatic rings. The van der Waals surface area contributed by atoms with Crippen LogP contribution in [0.5, 0.6) is 0 Å². The second kappa shape index (κ2) is 10.9. The van der Waals surface area contributed by atoms with E-state index in [0.29, 0.717) is 50.8 Å². The van der Waals surface area contributed by atoms with Crippen molar-refractivity contribution in [2.45, 2.75) is 69.2 Å². The first-order valence-electron chi connectivity index (χ1n) is 10.4. The van der Waals surface area contributed by atoms with Crippen LogP contribution < -0.4 is 0 Å². The van der Waals surface area contributed by atoms with E-state index in [1.807, 2.05) is 0 Å². The van der Waals surface area contributed by atoms with Gasteiger partial charge in [-0.3, -0.25) is 9.59 Å². The third kappa shape index (κ3) is 7.01. The molecule has 1 fully saturated rings. The third-order valence-corrected chi connectivity index (χ3v) is 5.38. The fraction of sp³-hybridized carbons (Fsp3) is 0.545. The van der Waals surface area contributed by atoms with Crippen molar-refractivity contribution in [2.75, 3.05) is 6.54 Å². The van der Waals surface area contributed by atoms with Gasteiger partial charge in [-0.05, 0) is 31.4 Å². The molecule has 5 nitrogen and oxygen atoms in total. The minimum absolute atomic E-state index is 0.0754. The van der Waals surface area contributed by atoms with Crippen LogP contribution >= 0.6 is 0 Å². The Morgan fingerprint density at radius 3 is 2.44 bits per heavy atom. The van der Waals surface area contributed by atoms with Crippen molar-refractivity contribution in [1.82, 2.24) is 4.90 Å². The Hall–Kier alpha value is -2.49. The number of rotatable bonds is 11. The summed E-state index contributed by atoms with van der Waals surface area (Å²) in [6, 6.07) is 2.17. The first-order valence-corrected chi connectivity index (χ1v) is 10.4. The zero-order valence-corrected chi connectivity index (χ0v) is 17.3. The number of hydrogen-bond acceptors (Lipinski definition) is 3. The summed E-state index contributed by atoms with van der Waals surface area (Å²) in [4.78, 5) is 24.1. The second-order valence-electron chi connectivity index (χ2n) is 7.78. The van der Waals surface area contributed by atoms with Gasteiger partial charge in [-0.15, -0.1) is 0 Å². The number of aliphatic carboxylic acids is 1. The summed E-state index contributed by atoms with van der Waals surface area (Å²) in [5, 5.41) is 18.6. The third-order valence-electron chi connectivity index (χ3n) is 5.38. The Bertz CT molecular complexity index is 825. The molecule has 2 rings (SSSR count). The first-order chi connectivity index (χ1) is 14.9. The lowest BCUT2D eigenvalue weighted by Gasteiger charge is -2.24. The van der Waals surface area contributed by atoms with Crippen LogP contribution in [-0.4, -0.2) is 45.7 Å². The molecule has 2 N–H and O–H groups in total. The smallest absolute Gasteiger partial charge is 0.416 e. The molecule has 178 valence electrons. The summed E-state index contributed by atoms with van der Waals surface area (Å²) < 4.78 is 67.5. The fourth-order valence-electron chi connectivity index (χ4n) is 3.59. The van der Waals surface area contributed by atoms with E-state index in [2.05, 4.69) is 0 Å². The molecule has 1 aliphatic rings. The standard InChI is InChI=1S/C22H26F5NO4/c23-21(24,15-6-5-7-16(14-15)22(25,26)27)18(29)11-9-17-10-12-19(30)28(17)13-4-2-1-3-8-20(31)32/h5-7,9,11,14,17-18,29H,1-4,8,10,12-13H2,(H,31,32)/b11-9+/t17-,18?/m0/s1. The average molecular weight is 463 g/mol. The van der Waals surface area contributed by atoms with Crippen molar-refractivity contribution in [1.29, 1.82) is 0 Å². The fourth-order valence-corrected chi connectivity index (χ4v) is 3.59. The van der Waals surface area contributed by atoms with E-state index in [-0.39, 0.29) is 18.7 Å². The molecule has 0 spiro atoms. The number of nitrogens with zero attached hydrogens (tertiary/aromatic N) is 1. The maximum atomic E-state index is 14.6. The van der Waals surface area contributed by atoms with Crippen LogP contribution in [-0.2, 0) is 21.7 Å². The predicted octanol–water partition coefficient (Wildman–Crippen LogP) is 4.74. The highest BCUT2D eigenvalue weighted by atomic mass is 19.4. The Kier molecular flexibility index (Phi) is 8.77. The number of aliphatic hydroxyl groups is 1. The Balaban J connectivity index is 1.97. The molecule has 10 heteroatoms. The average Bonchev–Trinajstić information content (AvgIpc) is 3.07. The molecule has 2 atom stereocenters. The maximum absolute atomic E-state index is 14.6. The number of unbranched alkanes of at least 4 members (excludes halogenated alkanes) is 3. The lowest BCUT2D eigenvalue weighted by Crippen LogP contribution is -2.34. The van der Waals surface area contributed by atoms with Gasteiger partial charge in [-0.1, -0.05) is 37.1 Å². The zero-order valence-electron chi connectivity index (χ0n) is 17.3. The van der Waals surface area contributed by atoms with E-state index in [1.54, 1.807) is 0 Å². The molecule has 0 aromatic heterocycles. The van der Waals surface area contributed by atoms with Crippen LogP contribution in [0, 0.1) is 0 Å². The van der Waals surface area contributed by atoms with Gasteiger partial charge in [-0.25, -0.2) is 0 Å². The molecular weight excluding hydrogens is 437 g/mol. The van der Waals surface area contributed by atoms with Crippen LogP contribution in [0.2, 0.25) is 0 Å². The van der Waals surface area contributed by atoms with Crippen molar-refractivity contribution in [3.05, 3.63) is 47.5 Å². The van der Waals surface area contributed by atoms with Gasteiger partial charge < -0.3 is 15.1 Å². The molecule has 1 aromatic carbocycles. The van der Waals surface area contributed by atoms with Crippen molar-refractivity contribution >= 4 is 11.9 Å². The number of carbonyl (C=O) groups excluding carboxylic acids is 1. The van der Waals surface area contributed by atoms with E-state index in [4.69, 9.17) is 5.11 Å². The monoisotopic (exact) mass is 463 g/mol. The lowest BCUT2D eigenvalue weighted by atomic mass is 9.99. The molecule has 1 unspecified atom stereocenters. The Morgan fingerprint density at radius 1 is 1.12 bits per heavy atom. The summed E-state index contributed by atoms with van der Waals surface area (Å²) in [5.41, 5.74) is -2.19. The van der Waals surface area contributed by atoms with Crippen molar-refractivity contribution in [3.8, 4) is 0 Å². The molecule has 32 heavy (non-hydrogen) atoms. The van der Waals surface area contributed by atoms with E-state index in [9.17, 15) is 36.6 Å². The molecular formula is C22H26F5NO4. The molecule has 1 saturated heterocycles. The van der Waals surface area contributed by atoms with Crippen molar-refractivity contribution < 1.29 is 41.8 Å². The number of halogens is 5. The van der Waals surface area contributed by atoms with E-state index >= 15 is 0 Å². The van der Waals surface area contributed by atoms with Crippen LogP contribution in [0.15, 0.2) is 36.4 Å². The number of amides is 1. The van der Waals surface area contributed by atoms with Crippen molar-refractivity contribution in [2.24, 2.45) is 0 Å². The Labute approximate surface area is 182 Å². The molecule has 0 aliphatic carbocycles. The highest BCUT2D eigenvalue weighted by Gasteiger charge is 2.41. The zero-order chi connectivity index (χ0) is 23.9. The van der Waals surface area contributed by atoms with Gasteiger partial charge in [0.05, 0.1) is 11.6 Å². The number of alkyl halides is 5. The van der Waals surface area contributed by atoms with Gasteiger partial charge in [0, 0.05) is 24.9 Å². The largest absolute Gasteiger partial charge is 0.481 e. The molecule has 0 bridgehead atoms. The Morgan fingerprint density at radius 2 is 1.78 bits per heavy atom. The van der Waals surface area contributed by atoms with Crippen LogP contribution in [0.1, 0.15) is 56.1 Å². The lowest BCUT2D eigenvalue weighted by molar-refractivity contribution is -0.138. The number of carboxylic acid groups (broad SMARTS) is 1. The summed E-state index contributed by atoms with van der Waals surface area (Å²) >= 11 is 0. The number of aliphatic hydroxyl groups excluding tert-OH is 1. The molecule has 1 amide bonds. The highest BCUT2D eigenvalue weighted by molar-refractivity contribution is 5.79. The van der Waals surface area contributed by atoms with Gasteiger partial charge in [0.25, 0.3) is 0 Å². The van der Waals surface area contributed by atoms with E-state index in [1.165, 1.54) is 11.0 Å². The van der Waals surface area contributed by atoms with E-state index < -0.39 is 41.3 Å². The minimum atomic E-state index is -4.79. The number of hydrogen-bond donors (Lipinski definition) is 2. The first kappa shape index (κ1) is 25.8. The second-order valence-corrected chi connectivity index (χ2v) is 7.78. The summed E-state index contributed by atoms with van der Waals surface area (Å²) in [5.74, 6) is -4.97.